The van der Waals surface area contributed by atoms with Gasteiger partial charge in [-0.15, -0.1) is 0 Å². The van der Waals surface area contributed by atoms with E-state index in [9.17, 15) is 23.1 Å². The second-order valence-electron chi connectivity index (χ2n) is 6.85. The third-order valence-corrected chi connectivity index (χ3v) is 6.31. The smallest absolute Gasteiger partial charge is 0.336 e. The number of carboxylic acids is 1. The molecule has 9 heteroatoms. The van der Waals surface area contributed by atoms with Gasteiger partial charge in [-0.2, -0.15) is 5.10 Å². The maximum atomic E-state index is 13.2. The fourth-order valence-electron chi connectivity index (χ4n) is 2.89. The Hall–Kier alpha value is -3.98. The third-order valence-electron chi connectivity index (χ3n) is 4.52. The molecule has 32 heavy (non-hydrogen) atoms. The van der Waals surface area contributed by atoms with Crippen LogP contribution < -0.4 is 9.73 Å². The van der Waals surface area contributed by atoms with Gasteiger partial charge in [0.05, 0.1) is 22.4 Å². The van der Waals surface area contributed by atoms with Crippen LogP contribution in [0.3, 0.4) is 0 Å². The molecule has 0 aromatic heterocycles. The number of anilines is 1. The summed E-state index contributed by atoms with van der Waals surface area (Å²) < 4.78 is 27.5. The van der Waals surface area contributed by atoms with Crippen LogP contribution in [0.4, 0.5) is 5.69 Å². The molecular weight excluding hydrogens is 430 g/mol. The van der Waals surface area contributed by atoms with Gasteiger partial charge in [-0.1, -0.05) is 54.1 Å². The summed E-state index contributed by atoms with van der Waals surface area (Å²) in [4.78, 5) is 23.8. The molecule has 0 atom stereocenters. The molecule has 3 rings (SSSR count). The van der Waals surface area contributed by atoms with E-state index in [4.69, 9.17) is 0 Å². The van der Waals surface area contributed by atoms with Crippen LogP contribution in [0.5, 0.6) is 0 Å². The van der Waals surface area contributed by atoms with E-state index in [1.807, 2.05) is 6.92 Å². The third kappa shape index (κ3) is 5.38. The van der Waals surface area contributed by atoms with Gasteiger partial charge in [-0.3, -0.25) is 9.10 Å². The highest BCUT2D eigenvalue weighted by molar-refractivity contribution is 7.92. The highest BCUT2D eigenvalue weighted by Crippen LogP contribution is 2.23. The first-order chi connectivity index (χ1) is 15.3. The molecule has 3 aromatic rings. The molecule has 0 aliphatic heterocycles. The van der Waals surface area contributed by atoms with Crippen molar-refractivity contribution in [3.63, 3.8) is 0 Å². The van der Waals surface area contributed by atoms with Gasteiger partial charge in [0, 0.05) is 5.56 Å². The molecule has 164 valence electrons. The fourth-order valence-corrected chi connectivity index (χ4v) is 4.31. The second kappa shape index (κ2) is 9.88. The van der Waals surface area contributed by atoms with Gasteiger partial charge in [0.2, 0.25) is 0 Å². The first-order valence-corrected chi connectivity index (χ1v) is 11.0. The number of nitrogens with zero attached hydrogens (tertiary/aromatic N) is 2. The Morgan fingerprint density at radius 1 is 0.969 bits per heavy atom. The molecule has 0 radical (unpaired) electrons. The van der Waals surface area contributed by atoms with E-state index >= 15 is 0 Å². The molecular formula is C23H21N3O5S. The largest absolute Gasteiger partial charge is 0.478 e. The lowest BCUT2D eigenvalue weighted by molar-refractivity contribution is -0.119. The number of hydrazone groups is 1. The van der Waals surface area contributed by atoms with Crippen molar-refractivity contribution in [2.24, 2.45) is 5.10 Å². The SMILES string of the molecule is Cc1ccc(S(=O)(=O)N(CC(=O)N/N=C\c2ccccc2C(=O)O)c2ccccc2)cc1. The molecule has 2 N–H and O–H groups in total. The van der Waals surface area contributed by atoms with Crippen LogP contribution in [0.25, 0.3) is 0 Å². The summed E-state index contributed by atoms with van der Waals surface area (Å²) in [6.45, 7) is 1.33. The first-order valence-electron chi connectivity index (χ1n) is 9.58. The van der Waals surface area contributed by atoms with Gasteiger partial charge in [0.15, 0.2) is 0 Å². The van der Waals surface area contributed by atoms with Crippen LogP contribution >= 0.6 is 0 Å². The second-order valence-corrected chi connectivity index (χ2v) is 8.71. The number of hydrogen-bond donors (Lipinski definition) is 2. The van der Waals surface area contributed by atoms with E-state index in [2.05, 4.69) is 10.5 Å². The minimum atomic E-state index is -4.02. The van der Waals surface area contributed by atoms with E-state index in [0.717, 1.165) is 9.87 Å². The molecule has 0 saturated carbocycles. The number of hydrogen-bond acceptors (Lipinski definition) is 5. The van der Waals surface area contributed by atoms with E-state index in [-0.39, 0.29) is 10.5 Å². The molecule has 0 unspecified atom stereocenters. The molecule has 0 aliphatic carbocycles. The lowest BCUT2D eigenvalue weighted by Crippen LogP contribution is -2.39. The zero-order valence-corrected chi connectivity index (χ0v) is 18.0. The van der Waals surface area contributed by atoms with Crippen molar-refractivity contribution < 1.29 is 23.1 Å². The zero-order valence-electron chi connectivity index (χ0n) is 17.2. The van der Waals surface area contributed by atoms with Crippen molar-refractivity contribution in [1.82, 2.24) is 5.43 Å². The summed E-state index contributed by atoms with van der Waals surface area (Å²) in [5, 5.41) is 13.0. The lowest BCUT2D eigenvalue weighted by Gasteiger charge is -2.23. The zero-order chi connectivity index (χ0) is 23.1. The van der Waals surface area contributed by atoms with Crippen LogP contribution in [0.2, 0.25) is 0 Å². The molecule has 0 fully saturated rings. The molecule has 0 heterocycles. The maximum absolute atomic E-state index is 13.2. The van der Waals surface area contributed by atoms with Crippen molar-refractivity contribution in [3.8, 4) is 0 Å². The number of para-hydroxylation sites is 1. The number of carbonyl (C=O) groups is 2. The molecule has 0 aliphatic rings. The number of rotatable bonds is 8. The quantitative estimate of drug-likeness (QED) is 0.403. The summed E-state index contributed by atoms with van der Waals surface area (Å²) in [7, 11) is -4.02. The predicted octanol–water partition coefficient (Wildman–Crippen LogP) is 3.04. The van der Waals surface area contributed by atoms with Crippen LogP contribution in [0.15, 0.2) is 88.9 Å². The van der Waals surface area contributed by atoms with Crippen LogP contribution in [0.1, 0.15) is 21.5 Å². The Balaban J connectivity index is 1.82. The highest BCUT2D eigenvalue weighted by atomic mass is 32.2. The van der Waals surface area contributed by atoms with Gasteiger partial charge in [0.25, 0.3) is 15.9 Å². The lowest BCUT2D eigenvalue weighted by atomic mass is 10.1. The normalized spacial score (nSPS) is 11.3. The summed E-state index contributed by atoms with van der Waals surface area (Å²) >= 11 is 0. The molecule has 0 spiro atoms. The Morgan fingerprint density at radius 3 is 2.25 bits per heavy atom. The summed E-state index contributed by atoms with van der Waals surface area (Å²) in [6, 6.07) is 20.8. The molecule has 8 nitrogen and oxygen atoms in total. The van der Waals surface area contributed by atoms with Crippen LogP contribution in [-0.2, 0) is 14.8 Å². The Bertz CT molecular complexity index is 1240. The number of carbonyl (C=O) groups excluding carboxylic acids is 1. The topological polar surface area (TPSA) is 116 Å². The average molecular weight is 452 g/mol. The van der Waals surface area contributed by atoms with E-state index in [1.165, 1.54) is 30.5 Å². The maximum Gasteiger partial charge on any atom is 0.336 e. The molecule has 1 amide bonds. The number of aryl methyl sites for hydroxylation is 1. The van der Waals surface area contributed by atoms with Gasteiger partial charge >= 0.3 is 5.97 Å². The first kappa shape index (κ1) is 22.7. The minimum Gasteiger partial charge on any atom is -0.478 e. The molecule has 0 saturated heterocycles. The highest BCUT2D eigenvalue weighted by Gasteiger charge is 2.27. The van der Waals surface area contributed by atoms with Crippen molar-refractivity contribution in [2.45, 2.75) is 11.8 Å². The Labute approximate surface area is 185 Å². The Morgan fingerprint density at radius 2 is 1.59 bits per heavy atom. The van der Waals surface area contributed by atoms with Gasteiger partial charge < -0.3 is 5.11 Å². The number of benzene rings is 3. The minimum absolute atomic E-state index is 0.0263. The van der Waals surface area contributed by atoms with Crippen molar-refractivity contribution in [1.29, 1.82) is 0 Å². The average Bonchev–Trinajstić information content (AvgIpc) is 2.78. The summed E-state index contributed by atoms with van der Waals surface area (Å²) in [5.74, 6) is -1.81. The number of aromatic carboxylic acids is 1. The van der Waals surface area contributed by atoms with Gasteiger partial charge in [-0.05, 0) is 37.3 Å². The van der Waals surface area contributed by atoms with Crippen molar-refractivity contribution in [2.75, 3.05) is 10.8 Å². The number of carboxylic acid groups (broad SMARTS) is 1. The monoisotopic (exact) mass is 451 g/mol. The van der Waals surface area contributed by atoms with Crippen molar-refractivity contribution in [3.05, 3.63) is 95.6 Å². The fraction of sp³-hybridized carbons (Fsp3) is 0.0870. The summed E-state index contributed by atoms with van der Waals surface area (Å²) in [5.41, 5.74) is 3.82. The standard InChI is InChI=1S/C23H21N3O5S/c1-17-11-13-20(14-12-17)32(30,31)26(19-8-3-2-4-9-19)16-22(27)25-24-15-18-7-5-6-10-21(18)23(28)29/h2-15H,16H2,1H3,(H,25,27)(H,28,29)/b24-15-. The summed E-state index contributed by atoms with van der Waals surface area (Å²) in [6.07, 6.45) is 1.20. The Kier molecular flexibility index (Phi) is 7.01. The number of amides is 1. The number of sulfonamides is 1. The van der Waals surface area contributed by atoms with Gasteiger partial charge in [-0.25, -0.2) is 18.6 Å². The van der Waals surface area contributed by atoms with E-state index in [1.54, 1.807) is 54.6 Å². The predicted molar refractivity (Wildman–Crippen MR) is 121 cm³/mol. The number of nitrogens with one attached hydrogen (secondary N) is 1. The van der Waals surface area contributed by atoms with Crippen molar-refractivity contribution >= 4 is 33.8 Å². The van der Waals surface area contributed by atoms with Crippen LogP contribution in [-0.4, -0.2) is 38.2 Å². The van der Waals surface area contributed by atoms with E-state index in [0.29, 0.717) is 11.3 Å². The molecule has 0 bridgehead atoms. The van der Waals surface area contributed by atoms with E-state index < -0.39 is 28.4 Å². The molecule has 3 aromatic carbocycles. The van der Waals surface area contributed by atoms with Crippen LogP contribution in [0, 0.1) is 6.92 Å². The van der Waals surface area contributed by atoms with Gasteiger partial charge in [0.1, 0.15) is 6.54 Å².